The zero-order valence-electron chi connectivity index (χ0n) is 21.9. The van der Waals surface area contributed by atoms with Crippen molar-refractivity contribution in [2.45, 2.75) is 39.5 Å². The predicted molar refractivity (Wildman–Crippen MR) is 151 cm³/mol. The number of ether oxygens (including phenoxy) is 3. The van der Waals surface area contributed by atoms with Crippen LogP contribution in [0, 0.1) is 11.3 Å². The van der Waals surface area contributed by atoms with E-state index in [0.29, 0.717) is 28.7 Å². The molecule has 0 spiro atoms. The molecule has 198 valence electrons. The van der Waals surface area contributed by atoms with Crippen molar-refractivity contribution < 1.29 is 23.8 Å². The third-order valence-electron chi connectivity index (χ3n) is 5.63. The number of unbranched alkanes of at least 4 members (excludes halogenated alkanes) is 3. The molecule has 38 heavy (non-hydrogen) atoms. The molecular weight excluding hydrogens is 500 g/mol. The van der Waals surface area contributed by atoms with Crippen molar-refractivity contribution in [2.24, 2.45) is 0 Å². The van der Waals surface area contributed by atoms with E-state index in [1.165, 1.54) is 23.8 Å². The lowest BCUT2D eigenvalue weighted by Crippen LogP contribution is -2.15. The molecule has 0 saturated heterocycles. The van der Waals surface area contributed by atoms with Crippen molar-refractivity contribution in [2.75, 3.05) is 25.6 Å². The third-order valence-corrected chi connectivity index (χ3v) is 6.73. The van der Waals surface area contributed by atoms with Gasteiger partial charge in [0.1, 0.15) is 16.6 Å². The highest BCUT2D eigenvalue weighted by Crippen LogP contribution is 2.36. The van der Waals surface area contributed by atoms with Gasteiger partial charge in [-0.1, -0.05) is 62.6 Å². The Balaban J connectivity index is 1.81. The number of nitriles is 1. The molecule has 0 unspecified atom stereocenters. The van der Waals surface area contributed by atoms with Crippen LogP contribution in [0.1, 0.15) is 55.5 Å². The highest BCUT2D eigenvalue weighted by atomic mass is 32.1. The Labute approximate surface area is 227 Å². The van der Waals surface area contributed by atoms with Gasteiger partial charge in [-0.3, -0.25) is 4.79 Å². The monoisotopic (exact) mass is 532 g/mol. The van der Waals surface area contributed by atoms with Crippen LogP contribution >= 0.6 is 11.3 Å². The molecule has 0 bridgehead atoms. The fraction of sp³-hybridized carbons (Fsp3) is 0.300. The van der Waals surface area contributed by atoms with Gasteiger partial charge in [0.15, 0.2) is 11.5 Å². The van der Waals surface area contributed by atoms with E-state index in [0.717, 1.165) is 29.7 Å². The van der Waals surface area contributed by atoms with E-state index >= 15 is 0 Å². The van der Waals surface area contributed by atoms with E-state index in [1.54, 1.807) is 38.3 Å². The van der Waals surface area contributed by atoms with Gasteiger partial charge >= 0.3 is 5.97 Å². The maximum Gasteiger partial charge on any atom is 0.341 e. The number of amides is 1. The molecule has 3 rings (SSSR count). The van der Waals surface area contributed by atoms with Crippen LogP contribution in [0.3, 0.4) is 0 Å². The number of anilines is 1. The number of benzene rings is 2. The Kier molecular flexibility index (Phi) is 10.9. The van der Waals surface area contributed by atoms with Crippen LogP contribution in [0.2, 0.25) is 0 Å². The lowest BCUT2D eigenvalue weighted by atomic mass is 10.1. The number of carbonyl (C=O) groups is 2. The third kappa shape index (κ3) is 7.70. The molecule has 0 saturated carbocycles. The number of rotatable bonds is 13. The van der Waals surface area contributed by atoms with Crippen LogP contribution < -0.4 is 14.8 Å². The summed E-state index contributed by atoms with van der Waals surface area (Å²) in [5.41, 5.74) is 1.63. The molecule has 1 heterocycles. The fourth-order valence-corrected chi connectivity index (χ4v) is 4.73. The zero-order valence-corrected chi connectivity index (χ0v) is 22.7. The van der Waals surface area contributed by atoms with Gasteiger partial charge in [0.05, 0.1) is 25.9 Å². The van der Waals surface area contributed by atoms with E-state index in [-0.39, 0.29) is 17.7 Å². The van der Waals surface area contributed by atoms with Crippen LogP contribution in [0.15, 0.2) is 60.2 Å². The first-order valence-electron chi connectivity index (χ1n) is 12.6. The molecule has 0 aliphatic heterocycles. The number of esters is 1. The minimum Gasteiger partial charge on any atom is -0.493 e. The molecule has 1 aromatic heterocycles. The second-order valence-electron chi connectivity index (χ2n) is 8.38. The van der Waals surface area contributed by atoms with Crippen molar-refractivity contribution in [3.63, 3.8) is 0 Å². The molecule has 0 fully saturated rings. The Morgan fingerprint density at radius 3 is 2.50 bits per heavy atom. The number of nitrogens with one attached hydrogen (secondary N) is 1. The van der Waals surface area contributed by atoms with Crippen molar-refractivity contribution in [3.8, 4) is 28.0 Å². The summed E-state index contributed by atoms with van der Waals surface area (Å²) in [4.78, 5) is 26.4. The van der Waals surface area contributed by atoms with E-state index in [9.17, 15) is 14.9 Å². The first kappa shape index (κ1) is 28.5. The van der Waals surface area contributed by atoms with Gasteiger partial charge in [-0.2, -0.15) is 5.26 Å². The van der Waals surface area contributed by atoms with E-state index in [2.05, 4.69) is 12.2 Å². The van der Waals surface area contributed by atoms with E-state index < -0.39 is 11.9 Å². The smallest absolute Gasteiger partial charge is 0.341 e. The Bertz CT molecular complexity index is 1310. The Morgan fingerprint density at radius 2 is 1.82 bits per heavy atom. The molecule has 0 atom stereocenters. The summed E-state index contributed by atoms with van der Waals surface area (Å²) in [6.07, 6.45) is 5.86. The fourth-order valence-electron chi connectivity index (χ4n) is 3.68. The summed E-state index contributed by atoms with van der Waals surface area (Å²) in [6, 6.07) is 18.4. The van der Waals surface area contributed by atoms with E-state index in [1.807, 2.05) is 36.4 Å². The highest BCUT2D eigenvalue weighted by Gasteiger charge is 2.21. The largest absolute Gasteiger partial charge is 0.493 e. The first-order valence-corrected chi connectivity index (χ1v) is 13.4. The summed E-state index contributed by atoms with van der Waals surface area (Å²) in [6.45, 7) is 4.67. The molecule has 1 amide bonds. The number of hydrogen-bond acceptors (Lipinski definition) is 7. The highest BCUT2D eigenvalue weighted by molar-refractivity contribution is 7.20. The Morgan fingerprint density at radius 1 is 1.03 bits per heavy atom. The molecule has 0 aliphatic rings. The normalized spacial score (nSPS) is 10.9. The second kappa shape index (κ2) is 14.6. The summed E-state index contributed by atoms with van der Waals surface area (Å²) in [7, 11) is 1.54. The Hall–Kier alpha value is -4.09. The second-order valence-corrected chi connectivity index (χ2v) is 9.44. The maximum atomic E-state index is 13.1. The van der Waals surface area contributed by atoms with Gasteiger partial charge in [-0.05, 0) is 48.7 Å². The lowest BCUT2D eigenvalue weighted by Gasteiger charge is -2.11. The SMILES string of the molecule is CCCCCCOc1ccc(/C=C(\C#N)C(=O)Nc2sc(-c3ccccc3)cc2C(=O)OCC)cc1OC. The number of thiophene rings is 1. The van der Waals surface area contributed by atoms with Crippen LogP contribution in [-0.4, -0.2) is 32.2 Å². The van der Waals surface area contributed by atoms with Crippen molar-refractivity contribution in [3.05, 3.63) is 71.3 Å². The molecule has 0 aliphatic carbocycles. The van der Waals surface area contributed by atoms with Gasteiger partial charge in [-0.15, -0.1) is 11.3 Å². The minimum absolute atomic E-state index is 0.121. The maximum absolute atomic E-state index is 13.1. The average Bonchev–Trinajstić information content (AvgIpc) is 3.36. The summed E-state index contributed by atoms with van der Waals surface area (Å²) in [5, 5.41) is 12.8. The van der Waals surface area contributed by atoms with E-state index in [4.69, 9.17) is 14.2 Å². The molecule has 7 nitrogen and oxygen atoms in total. The number of nitrogens with zero attached hydrogens (tertiary/aromatic N) is 1. The van der Waals surface area contributed by atoms with Gasteiger partial charge in [-0.25, -0.2) is 4.79 Å². The van der Waals surface area contributed by atoms with Crippen LogP contribution in [0.25, 0.3) is 16.5 Å². The molecule has 1 N–H and O–H groups in total. The molecule has 0 radical (unpaired) electrons. The van der Waals surface area contributed by atoms with Gasteiger partial charge in [0, 0.05) is 4.88 Å². The molecular formula is C30H32N2O5S. The minimum atomic E-state index is -0.630. The van der Waals surface area contributed by atoms with Gasteiger partial charge in [0.25, 0.3) is 5.91 Å². The van der Waals surface area contributed by atoms with Gasteiger partial charge in [0.2, 0.25) is 0 Å². The number of hydrogen-bond donors (Lipinski definition) is 1. The number of methoxy groups -OCH3 is 1. The quantitative estimate of drug-likeness (QED) is 0.109. The lowest BCUT2D eigenvalue weighted by molar-refractivity contribution is -0.112. The molecule has 2 aromatic carbocycles. The van der Waals surface area contributed by atoms with Gasteiger partial charge < -0.3 is 19.5 Å². The number of carbonyl (C=O) groups excluding carboxylic acids is 2. The standard InChI is InChI=1S/C30H32N2O5S/c1-4-6-7-11-16-37-25-15-14-21(18-26(25)35-3)17-23(20-31)28(33)32-29-24(30(34)36-5-2)19-27(38-29)22-12-9-8-10-13-22/h8-10,12-15,17-19H,4-7,11,16H2,1-3H3,(H,32,33)/b23-17+. The average molecular weight is 533 g/mol. The predicted octanol–water partition coefficient (Wildman–Crippen LogP) is 7.11. The topological polar surface area (TPSA) is 97.7 Å². The van der Waals surface area contributed by atoms with Crippen LogP contribution in [0.4, 0.5) is 5.00 Å². The first-order chi connectivity index (χ1) is 18.5. The van der Waals surface area contributed by atoms with Crippen LogP contribution in [-0.2, 0) is 9.53 Å². The summed E-state index contributed by atoms with van der Waals surface area (Å²) in [5.74, 6) is -0.0500. The van der Waals surface area contributed by atoms with Crippen molar-refractivity contribution >= 4 is 34.3 Å². The zero-order chi connectivity index (χ0) is 27.3. The molecule has 3 aromatic rings. The summed E-state index contributed by atoms with van der Waals surface area (Å²) >= 11 is 1.24. The van der Waals surface area contributed by atoms with Crippen molar-refractivity contribution in [1.82, 2.24) is 0 Å². The molecule has 8 heteroatoms. The van der Waals surface area contributed by atoms with Crippen LogP contribution in [0.5, 0.6) is 11.5 Å². The summed E-state index contributed by atoms with van der Waals surface area (Å²) < 4.78 is 16.5. The van der Waals surface area contributed by atoms with Crippen molar-refractivity contribution in [1.29, 1.82) is 5.26 Å².